The van der Waals surface area contributed by atoms with Crippen molar-refractivity contribution < 1.29 is 27.1 Å². The van der Waals surface area contributed by atoms with Gasteiger partial charge in [0, 0.05) is 24.9 Å². The van der Waals surface area contributed by atoms with Crippen molar-refractivity contribution in [3.05, 3.63) is 35.9 Å². The lowest BCUT2D eigenvalue weighted by molar-refractivity contribution is 0.0115. The first-order chi connectivity index (χ1) is 17.6. The van der Waals surface area contributed by atoms with Crippen molar-refractivity contribution >= 4 is 27.4 Å². The molecule has 2 saturated carbocycles. The fraction of sp³-hybridized carbons (Fsp3) is 0.577. The molecule has 3 atom stereocenters. The van der Waals surface area contributed by atoms with Crippen molar-refractivity contribution in [1.29, 1.82) is 0 Å². The van der Waals surface area contributed by atoms with Crippen LogP contribution in [0.4, 0.5) is 20.7 Å². The first-order valence-electron chi connectivity index (χ1n) is 12.9. The molecule has 2 bridgehead atoms. The number of nitrogens with one attached hydrogen (secondary N) is 1. The largest absolute Gasteiger partial charge is 0.474 e. The summed E-state index contributed by atoms with van der Waals surface area (Å²) in [5.41, 5.74) is 0.445. The number of piperidine rings is 1. The third-order valence-electron chi connectivity index (χ3n) is 7.99. The van der Waals surface area contributed by atoms with Crippen LogP contribution in [0, 0.1) is 12.7 Å². The van der Waals surface area contributed by atoms with Gasteiger partial charge in [-0.05, 0) is 70.6 Å². The van der Waals surface area contributed by atoms with E-state index in [1.165, 1.54) is 18.5 Å². The molecule has 0 spiro atoms. The molecule has 1 aromatic carbocycles. The van der Waals surface area contributed by atoms with Gasteiger partial charge in [0.25, 0.3) is 0 Å². The van der Waals surface area contributed by atoms with Crippen LogP contribution in [0.2, 0.25) is 0 Å². The number of halogens is 1. The minimum absolute atomic E-state index is 0.00225. The van der Waals surface area contributed by atoms with E-state index in [9.17, 15) is 17.6 Å². The van der Waals surface area contributed by atoms with Gasteiger partial charge in [-0.15, -0.1) is 0 Å². The highest BCUT2D eigenvalue weighted by Crippen LogP contribution is 2.43. The fourth-order valence-electron chi connectivity index (χ4n) is 5.37. The molecular formula is C26H31FN4O5S. The van der Waals surface area contributed by atoms with Gasteiger partial charge >= 0.3 is 6.09 Å². The number of anilines is 2. The number of carbonyl (C=O) groups excluding carboxylic acids is 1. The highest BCUT2D eigenvalue weighted by Gasteiger charge is 2.49. The van der Waals surface area contributed by atoms with Crippen molar-refractivity contribution in [3.63, 3.8) is 0 Å². The van der Waals surface area contributed by atoms with Crippen molar-refractivity contribution in [2.45, 2.75) is 99.1 Å². The van der Waals surface area contributed by atoms with Crippen LogP contribution in [0.25, 0.3) is 0 Å². The number of hydrogen-bond acceptors (Lipinski definition) is 8. The number of sulfone groups is 1. The highest BCUT2D eigenvalue weighted by molar-refractivity contribution is 7.92. The molecule has 198 valence electrons. The van der Waals surface area contributed by atoms with Gasteiger partial charge in [0.05, 0.1) is 21.4 Å². The maximum absolute atomic E-state index is 14.8. The molecule has 1 aromatic heterocycles. The van der Waals surface area contributed by atoms with Gasteiger partial charge in [-0.3, -0.25) is 0 Å². The Morgan fingerprint density at radius 3 is 2.46 bits per heavy atom. The van der Waals surface area contributed by atoms with Crippen LogP contribution >= 0.6 is 0 Å². The van der Waals surface area contributed by atoms with Gasteiger partial charge in [-0.25, -0.2) is 27.6 Å². The summed E-state index contributed by atoms with van der Waals surface area (Å²) in [6.45, 7) is 3.77. The summed E-state index contributed by atoms with van der Waals surface area (Å²) in [5.74, 6) is 0.109. The molecule has 9 nitrogen and oxygen atoms in total. The predicted molar refractivity (Wildman–Crippen MR) is 133 cm³/mol. The number of benzene rings is 1. The number of amides is 1. The van der Waals surface area contributed by atoms with Crippen LogP contribution in [0.15, 0.2) is 29.4 Å². The van der Waals surface area contributed by atoms with Crippen molar-refractivity contribution in [2.24, 2.45) is 0 Å². The Kier molecular flexibility index (Phi) is 5.81. The van der Waals surface area contributed by atoms with E-state index in [0.29, 0.717) is 42.9 Å². The van der Waals surface area contributed by atoms with Crippen molar-refractivity contribution in [2.75, 3.05) is 5.32 Å². The van der Waals surface area contributed by atoms with Crippen LogP contribution in [0.1, 0.15) is 63.9 Å². The van der Waals surface area contributed by atoms with Crippen LogP contribution in [0.3, 0.4) is 0 Å². The van der Waals surface area contributed by atoms with Crippen LogP contribution in [-0.4, -0.2) is 58.4 Å². The van der Waals surface area contributed by atoms with E-state index >= 15 is 0 Å². The number of hydrogen-bond donors (Lipinski definition) is 1. The minimum atomic E-state index is -3.47. The zero-order chi connectivity index (χ0) is 25.9. The van der Waals surface area contributed by atoms with Crippen molar-refractivity contribution in [1.82, 2.24) is 14.9 Å². The third kappa shape index (κ3) is 4.73. The van der Waals surface area contributed by atoms with Gasteiger partial charge in [-0.2, -0.15) is 0 Å². The molecule has 1 amide bonds. The van der Waals surface area contributed by atoms with Crippen molar-refractivity contribution in [3.8, 4) is 5.88 Å². The Morgan fingerprint density at radius 1 is 1.14 bits per heavy atom. The van der Waals surface area contributed by atoms with Gasteiger partial charge in [0.15, 0.2) is 9.84 Å². The van der Waals surface area contributed by atoms with Gasteiger partial charge < -0.3 is 19.7 Å². The Balaban J connectivity index is 1.13. The van der Waals surface area contributed by atoms with Gasteiger partial charge in [0.2, 0.25) is 5.88 Å². The van der Waals surface area contributed by atoms with E-state index in [0.717, 1.165) is 31.7 Å². The molecule has 2 aliphatic carbocycles. The first-order valence-corrected chi connectivity index (χ1v) is 14.5. The summed E-state index contributed by atoms with van der Waals surface area (Å²) < 4.78 is 51.6. The lowest BCUT2D eigenvalue weighted by atomic mass is 10.0. The predicted octanol–water partition coefficient (Wildman–Crippen LogP) is 4.67. The fourth-order valence-corrected chi connectivity index (χ4v) is 7.04. The number of rotatable bonds is 7. The maximum atomic E-state index is 14.8. The molecule has 37 heavy (non-hydrogen) atoms. The minimum Gasteiger partial charge on any atom is -0.474 e. The number of aromatic nitrogens is 2. The molecule has 4 fully saturated rings. The molecule has 2 saturated heterocycles. The Hall–Kier alpha value is -2.95. The lowest BCUT2D eigenvalue weighted by Crippen LogP contribution is -2.50. The molecule has 3 heterocycles. The summed E-state index contributed by atoms with van der Waals surface area (Å²) in [6.07, 6.45) is 7.36. The van der Waals surface area contributed by atoms with E-state index in [-0.39, 0.29) is 40.5 Å². The molecule has 2 aliphatic heterocycles. The SMILES string of the molecule is Cc1c(Nc2ccc(S(=O)(=O)C3CC3)cc2F)ncnc1OC1CC2CC[C@@H](C1)N2C(=O)OC1(C)CC1. The third-order valence-corrected chi connectivity index (χ3v) is 10.3. The molecule has 2 unspecified atom stereocenters. The lowest BCUT2D eigenvalue weighted by Gasteiger charge is -2.38. The summed E-state index contributed by atoms with van der Waals surface area (Å²) in [7, 11) is -3.47. The second kappa shape index (κ2) is 8.82. The summed E-state index contributed by atoms with van der Waals surface area (Å²) in [6, 6.07) is 4.06. The molecule has 11 heteroatoms. The van der Waals surface area contributed by atoms with E-state index in [1.807, 2.05) is 11.8 Å². The van der Waals surface area contributed by atoms with Crippen LogP contribution in [0.5, 0.6) is 5.88 Å². The van der Waals surface area contributed by atoms with Crippen LogP contribution < -0.4 is 10.1 Å². The highest BCUT2D eigenvalue weighted by atomic mass is 32.2. The summed E-state index contributed by atoms with van der Waals surface area (Å²) in [5, 5.41) is 2.55. The molecule has 1 N–H and O–H groups in total. The zero-order valence-electron chi connectivity index (χ0n) is 20.9. The quantitative estimate of drug-likeness (QED) is 0.550. The molecule has 6 rings (SSSR count). The zero-order valence-corrected chi connectivity index (χ0v) is 21.8. The summed E-state index contributed by atoms with van der Waals surface area (Å²) in [4.78, 5) is 23.2. The van der Waals surface area contributed by atoms with Crippen LogP contribution in [-0.2, 0) is 14.6 Å². The molecule has 0 radical (unpaired) electrons. The topological polar surface area (TPSA) is 111 Å². The number of nitrogens with zero attached hydrogens (tertiary/aromatic N) is 3. The number of carbonyl (C=O) groups is 1. The van der Waals surface area contributed by atoms with E-state index in [2.05, 4.69) is 15.3 Å². The smallest absolute Gasteiger partial charge is 0.410 e. The van der Waals surface area contributed by atoms with Gasteiger partial charge in [-0.1, -0.05) is 0 Å². The standard InChI is InChI=1S/C26H31FN4O5S/c1-15-23(30-22-8-7-20(13-21(22)27)37(33,34)19-5-6-19)28-14-29-24(15)35-18-11-16-3-4-17(12-18)31(16)25(32)36-26(2)9-10-26/h7-8,13-14,16-19H,3-6,9-12H2,1-2H3,(H,28,29,30)/t16-,17?,18?/m0/s1. The van der Waals surface area contributed by atoms with E-state index in [1.54, 1.807) is 6.92 Å². The second-order valence-corrected chi connectivity index (χ2v) is 13.2. The van der Waals surface area contributed by atoms with Gasteiger partial charge in [0.1, 0.15) is 29.7 Å². The molecular weight excluding hydrogens is 499 g/mol. The second-order valence-electron chi connectivity index (χ2n) is 11.0. The number of ether oxygens (including phenoxy) is 2. The Labute approximate surface area is 215 Å². The first kappa shape index (κ1) is 24.4. The van der Waals surface area contributed by atoms with E-state index in [4.69, 9.17) is 9.47 Å². The monoisotopic (exact) mass is 530 g/mol. The van der Waals surface area contributed by atoms with E-state index < -0.39 is 20.9 Å². The Morgan fingerprint density at radius 2 is 1.84 bits per heavy atom. The maximum Gasteiger partial charge on any atom is 0.410 e. The average molecular weight is 531 g/mol. The average Bonchev–Trinajstić information content (AvgIpc) is 3.78. The summed E-state index contributed by atoms with van der Waals surface area (Å²) >= 11 is 0. The number of fused-ring (bicyclic) bond motifs is 2. The normalized spacial score (nSPS) is 26.0. The Bertz CT molecular complexity index is 1330. The molecule has 4 aliphatic rings. The molecule has 2 aromatic rings.